The highest BCUT2D eigenvalue weighted by atomic mass is 16.1. The highest BCUT2D eigenvalue weighted by molar-refractivity contribution is 5.99. The van der Waals surface area contributed by atoms with Gasteiger partial charge in [0.15, 0.2) is 5.78 Å². The number of rotatable bonds is 2. The number of nitrogens with zero attached hydrogens (tertiary/aromatic N) is 4. The van der Waals surface area contributed by atoms with Crippen LogP contribution in [-0.2, 0) is 4.79 Å². The number of benzene rings is 1. The van der Waals surface area contributed by atoms with Crippen molar-refractivity contribution in [1.82, 2.24) is 25.0 Å². The summed E-state index contributed by atoms with van der Waals surface area (Å²) in [5, 5.41) is 15.0. The van der Waals surface area contributed by atoms with E-state index in [4.69, 9.17) is 0 Å². The second kappa shape index (κ2) is 5.41. The van der Waals surface area contributed by atoms with Crippen molar-refractivity contribution in [2.75, 3.05) is 5.32 Å². The summed E-state index contributed by atoms with van der Waals surface area (Å²) in [5.74, 6) is 0.832. The molecule has 0 saturated carbocycles. The Labute approximate surface area is 143 Å². The van der Waals surface area contributed by atoms with Gasteiger partial charge in [0.25, 0.3) is 0 Å². The van der Waals surface area contributed by atoms with Crippen LogP contribution in [0.1, 0.15) is 30.9 Å². The third-order valence-corrected chi connectivity index (χ3v) is 4.84. The first-order valence-corrected chi connectivity index (χ1v) is 8.34. The van der Waals surface area contributed by atoms with Crippen molar-refractivity contribution in [2.45, 2.75) is 25.3 Å². The van der Waals surface area contributed by atoms with E-state index in [1.54, 1.807) is 10.9 Å². The molecule has 1 unspecified atom stereocenters. The number of aromatic nitrogens is 5. The maximum Gasteiger partial charge on any atom is 0.226 e. The van der Waals surface area contributed by atoms with Gasteiger partial charge in [-0.1, -0.05) is 30.3 Å². The number of hydrogen-bond donors (Lipinski definition) is 2. The molecule has 7 nitrogen and oxygen atoms in total. The number of fused-ring (bicyclic) bond motifs is 1. The molecule has 0 bridgehead atoms. The van der Waals surface area contributed by atoms with Gasteiger partial charge in [-0.15, -0.1) is 0 Å². The van der Waals surface area contributed by atoms with Crippen molar-refractivity contribution in [1.29, 1.82) is 0 Å². The molecule has 124 valence electrons. The Kier molecular flexibility index (Phi) is 3.06. The zero-order valence-corrected chi connectivity index (χ0v) is 13.4. The van der Waals surface area contributed by atoms with Gasteiger partial charge in [-0.05, 0) is 18.4 Å². The number of carbonyl (C=O) groups is 1. The van der Waals surface area contributed by atoms with Crippen molar-refractivity contribution in [3.8, 4) is 11.3 Å². The highest BCUT2D eigenvalue weighted by Crippen LogP contribution is 2.41. The summed E-state index contributed by atoms with van der Waals surface area (Å²) < 4.78 is 1.78. The van der Waals surface area contributed by atoms with Crippen LogP contribution in [0, 0.1) is 0 Å². The van der Waals surface area contributed by atoms with Crippen molar-refractivity contribution in [3.63, 3.8) is 0 Å². The van der Waals surface area contributed by atoms with Crippen LogP contribution in [-0.4, -0.2) is 30.7 Å². The van der Waals surface area contributed by atoms with Gasteiger partial charge in [0, 0.05) is 23.3 Å². The van der Waals surface area contributed by atoms with Gasteiger partial charge in [-0.25, -0.2) is 4.68 Å². The molecule has 5 rings (SSSR count). The molecular weight excluding hydrogens is 316 g/mol. The first-order valence-electron chi connectivity index (χ1n) is 8.34. The van der Waals surface area contributed by atoms with Crippen LogP contribution in [0.3, 0.4) is 0 Å². The van der Waals surface area contributed by atoms with E-state index in [1.165, 1.54) is 6.33 Å². The lowest BCUT2D eigenvalue weighted by atomic mass is 9.85. The molecule has 7 heteroatoms. The van der Waals surface area contributed by atoms with E-state index in [9.17, 15) is 4.79 Å². The number of Topliss-reactive ketones (excluding diaryl/α,β-unsaturated/α-hetero) is 1. The van der Waals surface area contributed by atoms with E-state index in [0.717, 1.165) is 40.9 Å². The van der Waals surface area contributed by atoms with Crippen molar-refractivity contribution < 1.29 is 4.79 Å². The summed E-state index contributed by atoms with van der Waals surface area (Å²) in [5.41, 5.74) is 4.60. The Morgan fingerprint density at radius 2 is 2.04 bits per heavy atom. The maximum atomic E-state index is 12.7. The first kappa shape index (κ1) is 14.2. The van der Waals surface area contributed by atoms with E-state index in [0.29, 0.717) is 12.4 Å². The van der Waals surface area contributed by atoms with Crippen LogP contribution in [0.25, 0.3) is 11.3 Å². The lowest BCUT2D eigenvalue weighted by molar-refractivity contribution is -0.116. The van der Waals surface area contributed by atoms with Crippen LogP contribution in [0.2, 0.25) is 0 Å². The minimum absolute atomic E-state index is 0.167. The predicted octanol–water partition coefficient (Wildman–Crippen LogP) is 2.69. The average Bonchev–Trinajstić information content (AvgIpc) is 3.30. The topological polar surface area (TPSA) is 88.5 Å². The number of anilines is 1. The minimum atomic E-state index is -0.310. The van der Waals surface area contributed by atoms with Crippen LogP contribution in [0.15, 0.2) is 54.1 Å². The molecule has 3 heterocycles. The number of allylic oxidation sites excluding steroid dienone is 2. The lowest BCUT2D eigenvalue weighted by Gasteiger charge is -2.32. The summed E-state index contributed by atoms with van der Waals surface area (Å²) in [4.78, 5) is 17.0. The summed E-state index contributed by atoms with van der Waals surface area (Å²) in [7, 11) is 0. The molecule has 25 heavy (non-hydrogen) atoms. The van der Waals surface area contributed by atoms with Crippen LogP contribution < -0.4 is 5.32 Å². The molecule has 0 amide bonds. The van der Waals surface area contributed by atoms with E-state index in [1.807, 2.05) is 30.3 Å². The average molecular weight is 332 g/mol. The van der Waals surface area contributed by atoms with Gasteiger partial charge in [0.2, 0.25) is 5.95 Å². The molecule has 1 aliphatic heterocycles. The molecule has 0 saturated heterocycles. The van der Waals surface area contributed by atoms with Gasteiger partial charge in [0.1, 0.15) is 12.4 Å². The van der Waals surface area contributed by atoms with Gasteiger partial charge < -0.3 is 5.32 Å². The molecule has 0 fully saturated rings. The van der Waals surface area contributed by atoms with E-state index < -0.39 is 0 Å². The number of H-pyrrole nitrogens is 1. The zero-order valence-electron chi connectivity index (χ0n) is 13.4. The molecule has 2 N–H and O–H groups in total. The monoisotopic (exact) mass is 332 g/mol. The van der Waals surface area contributed by atoms with Gasteiger partial charge in [0.05, 0.1) is 11.9 Å². The molecule has 1 aliphatic carbocycles. The van der Waals surface area contributed by atoms with Gasteiger partial charge >= 0.3 is 0 Å². The Balaban J connectivity index is 1.72. The maximum absolute atomic E-state index is 12.7. The van der Waals surface area contributed by atoms with Gasteiger partial charge in [-0.3, -0.25) is 9.89 Å². The molecule has 1 aromatic carbocycles. The van der Waals surface area contributed by atoms with E-state index in [-0.39, 0.29) is 11.8 Å². The second-order valence-electron chi connectivity index (χ2n) is 6.29. The van der Waals surface area contributed by atoms with E-state index in [2.05, 4.69) is 25.6 Å². The molecule has 0 radical (unpaired) electrons. The van der Waals surface area contributed by atoms with Crippen LogP contribution >= 0.6 is 0 Å². The normalized spacial score (nSPS) is 19.4. The van der Waals surface area contributed by atoms with Crippen LogP contribution in [0.5, 0.6) is 0 Å². The van der Waals surface area contributed by atoms with Crippen molar-refractivity contribution >= 4 is 11.7 Å². The number of ketones is 1. The number of aromatic amines is 1. The predicted molar refractivity (Wildman–Crippen MR) is 91.7 cm³/mol. The second-order valence-corrected chi connectivity index (χ2v) is 6.29. The number of nitrogens with one attached hydrogen (secondary N) is 2. The van der Waals surface area contributed by atoms with Crippen molar-refractivity contribution in [2.24, 2.45) is 0 Å². The molecule has 1 atom stereocenters. The molecule has 3 aromatic rings. The quantitative estimate of drug-likeness (QED) is 0.753. The zero-order chi connectivity index (χ0) is 16.8. The Morgan fingerprint density at radius 3 is 2.92 bits per heavy atom. The lowest BCUT2D eigenvalue weighted by Crippen LogP contribution is -2.31. The Bertz CT molecular complexity index is 984. The standard InChI is InChI=1S/C18H16N6O/c25-14-8-4-7-13-15(14)17(24-18(22-13)19-10-21-24)12-9-20-23-16(12)11-5-2-1-3-6-11/h1-3,5-6,9-10,17H,4,7-8H2,(H,20,23)(H,19,21,22). The Morgan fingerprint density at radius 1 is 1.16 bits per heavy atom. The third kappa shape index (κ3) is 2.12. The Hall–Kier alpha value is -3.22. The number of hydrogen-bond acceptors (Lipinski definition) is 5. The fraction of sp³-hybridized carbons (Fsp3) is 0.222. The molecular formula is C18H16N6O. The fourth-order valence-electron chi connectivity index (χ4n) is 3.72. The molecule has 2 aromatic heterocycles. The third-order valence-electron chi connectivity index (χ3n) is 4.84. The van der Waals surface area contributed by atoms with E-state index >= 15 is 0 Å². The fourth-order valence-corrected chi connectivity index (χ4v) is 3.72. The summed E-state index contributed by atoms with van der Waals surface area (Å²) in [6, 6.07) is 9.69. The highest BCUT2D eigenvalue weighted by Gasteiger charge is 2.37. The van der Waals surface area contributed by atoms with Crippen LogP contribution in [0.4, 0.5) is 5.95 Å². The summed E-state index contributed by atoms with van der Waals surface area (Å²) >= 11 is 0. The van der Waals surface area contributed by atoms with Crippen molar-refractivity contribution in [3.05, 3.63) is 59.7 Å². The minimum Gasteiger partial charge on any atom is -0.328 e. The smallest absolute Gasteiger partial charge is 0.226 e. The number of carbonyl (C=O) groups excluding carboxylic acids is 1. The molecule has 2 aliphatic rings. The first-order chi connectivity index (χ1) is 12.3. The molecule has 0 spiro atoms. The summed E-state index contributed by atoms with van der Waals surface area (Å²) in [6.07, 6.45) is 5.59. The summed E-state index contributed by atoms with van der Waals surface area (Å²) in [6.45, 7) is 0. The van der Waals surface area contributed by atoms with Gasteiger partial charge in [-0.2, -0.15) is 15.2 Å². The largest absolute Gasteiger partial charge is 0.328 e. The SMILES string of the molecule is O=C1CCCC2=C1C(c1cn[nH]c1-c1ccccc1)n1ncnc1N2.